The normalized spacial score (nSPS) is 11.0. The van der Waals surface area contributed by atoms with Crippen molar-refractivity contribution in [1.82, 2.24) is 15.0 Å². The summed E-state index contributed by atoms with van der Waals surface area (Å²) in [4.78, 5) is 12.0. The van der Waals surface area contributed by atoms with Crippen LogP contribution in [0.2, 0.25) is 5.02 Å². The van der Waals surface area contributed by atoms with Crippen molar-refractivity contribution in [3.8, 4) is 11.5 Å². The van der Waals surface area contributed by atoms with Gasteiger partial charge in [-0.15, -0.1) is 0 Å². The fourth-order valence-corrected chi connectivity index (χ4v) is 1.93. The van der Waals surface area contributed by atoms with Crippen LogP contribution in [0, 0.1) is 0 Å². The average Bonchev–Trinajstić information content (AvgIpc) is 2.82. The van der Waals surface area contributed by atoms with Gasteiger partial charge in [-0.25, -0.2) is 4.98 Å². The summed E-state index contributed by atoms with van der Waals surface area (Å²) in [5, 5.41) is 0.611. The van der Waals surface area contributed by atoms with Gasteiger partial charge in [-0.05, 0) is 29.8 Å². The average molecular weight is 259 g/mol. The highest BCUT2D eigenvalue weighted by Gasteiger charge is 2.06. The summed E-state index contributed by atoms with van der Waals surface area (Å²) in [5.41, 5.74) is 9.32. The zero-order valence-electron chi connectivity index (χ0n) is 9.52. The molecule has 4 nitrogen and oxygen atoms in total. The van der Waals surface area contributed by atoms with Crippen molar-refractivity contribution in [3.63, 3.8) is 0 Å². The van der Waals surface area contributed by atoms with Crippen LogP contribution in [-0.4, -0.2) is 15.0 Å². The number of H-pyrrole nitrogens is 1. The molecule has 0 aliphatic carbocycles. The van der Waals surface area contributed by atoms with Crippen molar-refractivity contribution < 1.29 is 0 Å². The fourth-order valence-electron chi connectivity index (χ4n) is 1.82. The minimum Gasteiger partial charge on any atom is -0.337 e. The summed E-state index contributed by atoms with van der Waals surface area (Å²) in [5.74, 6) is 0.732. The van der Waals surface area contributed by atoms with Crippen molar-refractivity contribution in [3.05, 3.63) is 47.1 Å². The summed E-state index contributed by atoms with van der Waals surface area (Å²) in [6.45, 7) is 0.517. The Labute approximate surface area is 109 Å². The maximum Gasteiger partial charge on any atom is 0.157 e. The molecule has 5 heteroatoms. The van der Waals surface area contributed by atoms with Crippen LogP contribution in [0.3, 0.4) is 0 Å². The van der Waals surface area contributed by atoms with Gasteiger partial charge >= 0.3 is 0 Å². The number of hydrogen-bond donors (Lipinski definition) is 2. The third-order valence-electron chi connectivity index (χ3n) is 2.75. The lowest BCUT2D eigenvalue weighted by molar-refractivity contribution is 1.07. The topological polar surface area (TPSA) is 67.6 Å². The third kappa shape index (κ3) is 1.96. The second kappa shape index (κ2) is 4.40. The Morgan fingerprint density at radius 1 is 1.22 bits per heavy atom. The number of pyridine rings is 1. The molecular weight excluding hydrogens is 248 g/mol. The quantitative estimate of drug-likeness (QED) is 0.743. The number of aromatic nitrogens is 3. The van der Waals surface area contributed by atoms with Gasteiger partial charge in [0, 0.05) is 12.7 Å². The van der Waals surface area contributed by atoms with E-state index in [1.165, 1.54) is 0 Å². The van der Waals surface area contributed by atoms with Crippen LogP contribution >= 0.6 is 11.6 Å². The first-order chi connectivity index (χ1) is 8.76. The van der Waals surface area contributed by atoms with Gasteiger partial charge in [0.2, 0.25) is 0 Å². The second-order valence-electron chi connectivity index (χ2n) is 4.00. The summed E-state index contributed by atoms with van der Waals surface area (Å²) in [6, 6.07) is 9.56. The molecule has 0 saturated carbocycles. The van der Waals surface area contributed by atoms with E-state index in [1.807, 2.05) is 24.3 Å². The highest BCUT2D eigenvalue weighted by molar-refractivity contribution is 6.30. The molecule has 0 bridgehead atoms. The van der Waals surface area contributed by atoms with Gasteiger partial charge in [0.05, 0.1) is 16.1 Å². The van der Waals surface area contributed by atoms with E-state index in [4.69, 9.17) is 17.3 Å². The molecule has 0 spiro atoms. The maximum absolute atomic E-state index is 5.81. The molecule has 3 N–H and O–H groups in total. The largest absolute Gasteiger partial charge is 0.337 e. The summed E-state index contributed by atoms with van der Waals surface area (Å²) >= 11 is 5.81. The Hall–Kier alpha value is -1.91. The lowest BCUT2D eigenvalue weighted by Crippen LogP contribution is -1.95. The molecule has 0 aliphatic rings. The molecule has 1 aromatic carbocycles. The van der Waals surface area contributed by atoms with Gasteiger partial charge in [0.1, 0.15) is 5.69 Å². The Morgan fingerprint density at radius 2 is 2.11 bits per heavy atom. The predicted octanol–water partition coefficient (Wildman–Crippen LogP) is 2.74. The van der Waals surface area contributed by atoms with E-state index in [0.29, 0.717) is 11.6 Å². The van der Waals surface area contributed by atoms with Crippen LogP contribution in [0.15, 0.2) is 36.5 Å². The van der Waals surface area contributed by atoms with Crippen molar-refractivity contribution in [2.45, 2.75) is 6.54 Å². The first-order valence-electron chi connectivity index (χ1n) is 5.57. The molecule has 2 heterocycles. The molecule has 3 rings (SSSR count). The summed E-state index contributed by atoms with van der Waals surface area (Å²) < 4.78 is 0. The molecular formula is C13H11ClN4. The van der Waals surface area contributed by atoms with Crippen LogP contribution in [0.4, 0.5) is 0 Å². The van der Waals surface area contributed by atoms with Gasteiger partial charge < -0.3 is 10.7 Å². The molecule has 0 aliphatic heterocycles. The standard InChI is InChI=1S/C13H11ClN4/c14-9-2-4-11(16-7-9)13-17-10-3-1-8(6-15)5-12(10)18-13/h1-5,7H,6,15H2,(H,17,18). The number of nitrogens with one attached hydrogen (secondary N) is 1. The molecule has 2 aromatic heterocycles. The summed E-state index contributed by atoms with van der Waals surface area (Å²) in [7, 11) is 0. The molecule has 0 radical (unpaired) electrons. The van der Waals surface area contributed by atoms with Gasteiger partial charge in [0.15, 0.2) is 5.82 Å². The Balaban J connectivity index is 2.10. The van der Waals surface area contributed by atoms with Crippen molar-refractivity contribution in [2.24, 2.45) is 5.73 Å². The SMILES string of the molecule is NCc1ccc2nc(-c3ccc(Cl)cn3)[nH]c2c1. The number of imidazole rings is 1. The molecule has 0 unspecified atom stereocenters. The number of aromatic amines is 1. The van der Waals surface area contributed by atoms with Crippen molar-refractivity contribution in [1.29, 1.82) is 0 Å². The monoisotopic (exact) mass is 258 g/mol. The van der Waals surface area contributed by atoms with Crippen LogP contribution in [0.1, 0.15) is 5.56 Å². The smallest absolute Gasteiger partial charge is 0.157 e. The number of nitrogens with two attached hydrogens (primary N) is 1. The number of halogens is 1. The maximum atomic E-state index is 5.81. The van der Waals surface area contributed by atoms with E-state index in [2.05, 4.69) is 15.0 Å². The zero-order chi connectivity index (χ0) is 12.5. The predicted molar refractivity (Wildman–Crippen MR) is 72.2 cm³/mol. The van der Waals surface area contributed by atoms with Gasteiger partial charge in [0.25, 0.3) is 0 Å². The fraction of sp³-hybridized carbons (Fsp3) is 0.0769. The first-order valence-corrected chi connectivity index (χ1v) is 5.95. The van der Waals surface area contributed by atoms with Crippen molar-refractivity contribution in [2.75, 3.05) is 0 Å². The minimum absolute atomic E-state index is 0.517. The van der Waals surface area contributed by atoms with Crippen LogP contribution in [0.5, 0.6) is 0 Å². The Kier molecular flexibility index (Phi) is 2.74. The lowest BCUT2D eigenvalue weighted by Gasteiger charge is -1.95. The van der Waals surface area contributed by atoms with Crippen LogP contribution in [0.25, 0.3) is 22.6 Å². The van der Waals surface area contributed by atoms with E-state index in [9.17, 15) is 0 Å². The number of rotatable bonds is 2. The Morgan fingerprint density at radius 3 is 2.83 bits per heavy atom. The number of hydrogen-bond acceptors (Lipinski definition) is 3. The van der Waals surface area contributed by atoms with E-state index >= 15 is 0 Å². The summed E-state index contributed by atoms with van der Waals surface area (Å²) in [6.07, 6.45) is 1.61. The molecule has 0 amide bonds. The van der Waals surface area contributed by atoms with Crippen LogP contribution in [-0.2, 0) is 6.54 Å². The van der Waals surface area contributed by atoms with E-state index in [1.54, 1.807) is 12.3 Å². The zero-order valence-corrected chi connectivity index (χ0v) is 10.3. The minimum atomic E-state index is 0.517. The molecule has 0 fully saturated rings. The van der Waals surface area contributed by atoms with E-state index in [-0.39, 0.29) is 0 Å². The van der Waals surface area contributed by atoms with Gasteiger partial charge in [-0.2, -0.15) is 0 Å². The van der Waals surface area contributed by atoms with Crippen molar-refractivity contribution >= 4 is 22.6 Å². The Bertz CT molecular complexity index is 688. The number of nitrogens with zero attached hydrogens (tertiary/aromatic N) is 2. The molecule has 18 heavy (non-hydrogen) atoms. The van der Waals surface area contributed by atoms with E-state index in [0.717, 1.165) is 28.1 Å². The second-order valence-corrected chi connectivity index (χ2v) is 4.44. The van der Waals surface area contributed by atoms with E-state index < -0.39 is 0 Å². The van der Waals surface area contributed by atoms with Gasteiger partial charge in [-0.3, -0.25) is 4.98 Å². The lowest BCUT2D eigenvalue weighted by atomic mass is 10.2. The third-order valence-corrected chi connectivity index (χ3v) is 2.98. The highest BCUT2D eigenvalue weighted by Crippen LogP contribution is 2.20. The van der Waals surface area contributed by atoms with Crippen LogP contribution < -0.4 is 5.73 Å². The molecule has 90 valence electrons. The molecule has 3 aromatic rings. The molecule has 0 atom stereocenters. The van der Waals surface area contributed by atoms with Gasteiger partial charge in [-0.1, -0.05) is 17.7 Å². The molecule has 0 saturated heterocycles. The highest BCUT2D eigenvalue weighted by atomic mass is 35.5. The number of benzene rings is 1. The first kappa shape index (κ1) is 11.2. The number of fused-ring (bicyclic) bond motifs is 1.